The molecule has 8 heteroatoms. The summed E-state index contributed by atoms with van der Waals surface area (Å²) in [6.45, 7) is 0. The molecule has 0 fully saturated rings. The van der Waals surface area contributed by atoms with Gasteiger partial charge in [-0.1, -0.05) is 145 Å². The number of rotatable bonds is 10. The molecule has 8 aromatic rings. The van der Waals surface area contributed by atoms with Crippen LogP contribution in [0.15, 0.2) is 218 Å². The van der Waals surface area contributed by atoms with Crippen molar-refractivity contribution in [3.05, 3.63) is 251 Å². The first kappa shape index (κ1) is 45.1. The Hall–Kier alpha value is -3.98. The molecule has 0 heterocycles. The van der Waals surface area contributed by atoms with Gasteiger partial charge in [-0.2, -0.15) is 0 Å². The molecule has 8 aromatic carbocycles. The predicted molar refractivity (Wildman–Crippen MR) is 241 cm³/mol. The van der Waals surface area contributed by atoms with Crippen molar-refractivity contribution >= 4 is 69.6 Å². The van der Waals surface area contributed by atoms with Crippen LogP contribution in [0, 0.1) is 11.6 Å². The molecule has 0 saturated heterocycles. The fourth-order valence-electron chi connectivity index (χ4n) is 7.36. The number of hydrogen-bond acceptors (Lipinski definition) is 0. The van der Waals surface area contributed by atoms with Crippen molar-refractivity contribution in [1.82, 2.24) is 0 Å². The summed E-state index contributed by atoms with van der Waals surface area (Å²) in [6, 6.07) is 73.9. The average Bonchev–Trinajstić information content (AvgIpc) is 3.26. The van der Waals surface area contributed by atoms with Gasteiger partial charge in [-0.25, -0.2) is 8.78 Å². The quantitative estimate of drug-likeness (QED) is 0.149. The lowest BCUT2D eigenvalue weighted by atomic mass is 10.2. The first-order chi connectivity index (χ1) is 27.4. The zero-order valence-electron chi connectivity index (χ0n) is 31.4. The Bertz CT molecular complexity index is 2090. The van der Waals surface area contributed by atoms with Crippen LogP contribution in [0.4, 0.5) is 8.78 Å². The van der Waals surface area contributed by atoms with E-state index in [9.17, 15) is 8.78 Å². The topological polar surface area (TPSA) is 0 Å². The van der Waals surface area contributed by atoms with Gasteiger partial charge in [-0.05, 0) is 108 Å². The lowest BCUT2D eigenvalue weighted by molar-refractivity contribution is -0.00100. The molecule has 0 spiro atoms. The third-order valence-electron chi connectivity index (χ3n) is 9.99. The van der Waals surface area contributed by atoms with Crippen molar-refractivity contribution in [3.63, 3.8) is 0 Å². The molecule has 0 aromatic heterocycles. The van der Waals surface area contributed by atoms with Crippen molar-refractivity contribution in [2.75, 3.05) is 0 Å². The molecular formula is C50H40Br2Cl2F2P2. The van der Waals surface area contributed by atoms with E-state index in [0.29, 0.717) is 0 Å². The van der Waals surface area contributed by atoms with Gasteiger partial charge in [0.25, 0.3) is 0 Å². The fraction of sp³-hybridized carbons (Fsp3) is 0.0400. The maximum atomic E-state index is 14.2. The molecule has 0 aliphatic heterocycles. The Morgan fingerprint density at radius 3 is 0.707 bits per heavy atom. The Morgan fingerprint density at radius 2 is 0.517 bits per heavy atom. The summed E-state index contributed by atoms with van der Waals surface area (Å²) in [5, 5.41) is 8.00. The van der Waals surface area contributed by atoms with E-state index in [1.165, 1.54) is 31.8 Å². The van der Waals surface area contributed by atoms with E-state index in [2.05, 4.69) is 146 Å². The van der Waals surface area contributed by atoms with Crippen LogP contribution < -0.4 is 65.8 Å². The van der Waals surface area contributed by atoms with Crippen LogP contribution in [0.3, 0.4) is 0 Å². The van der Waals surface area contributed by atoms with Gasteiger partial charge in [-0.3, -0.25) is 0 Å². The second-order valence-electron chi connectivity index (χ2n) is 13.4. The van der Waals surface area contributed by atoms with Gasteiger partial charge in [0.2, 0.25) is 0 Å². The second kappa shape index (κ2) is 21.3. The van der Waals surface area contributed by atoms with Crippen molar-refractivity contribution in [2.24, 2.45) is 0 Å². The fourth-order valence-corrected chi connectivity index (χ4v) is 16.1. The summed E-state index contributed by atoms with van der Waals surface area (Å²) in [6.07, 6.45) is 1.47. The molecule has 8 rings (SSSR count). The smallest absolute Gasteiger partial charge is 0.142 e. The summed E-state index contributed by atoms with van der Waals surface area (Å²) in [4.78, 5) is 0. The SMILES string of the molecule is Fc1cc(C[P+](c2ccccc2)(c2ccccc2)c2ccccc2)ccc1Cl.Fc1cc(C[P+](c2ccccc2)(c2ccccc2)c2ccccc2)ccc1Cl.[Br-].[Br-]. The van der Waals surface area contributed by atoms with Gasteiger partial charge in [-0.15, -0.1) is 0 Å². The monoisotopic (exact) mass is 968 g/mol. The number of hydrogen-bond donors (Lipinski definition) is 0. The molecule has 0 bridgehead atoms. The lowest BCUT2D eigenvalue weighted by Gasteiger charge is -2.27. The minimum atomic E-state index is -2.02. The molecule has 0 unspecified atom stereocenters. The van der Waals surface area contributed by atoms with Crippen LogP contribution in [0.2, 0.25) is 10.0 Å². The highest BCUT2D eigenvalue weighted by molar-refractivity contribution is 7.95. The third kappa shape index (κ3) is 10.1. The van der Waals surface area contributed by atoms with E-state index in [0.717, 1.165) is 23.5 Å². The van der Waals surface area contributed by atoms with Gasteiger partial charge in [0.05, 0.1) is 22.4 Å². The second-order valence-corrected chi connectivity index (χ2v) is 21.2. The van der Waals surface area contributed by atoms with Gasteiger partial charge in [0, 0.05) is 0 Å². The molecule has 0 aliphatic carbocycles. The molecule has 0 saturated carbocycles. The standard InChI is InChI=1S/2C25H20ClFP.2BrH/c2*26-24-17-16-20(18-25(24)27)19-28(21-10-4-1-5-11-21,22-12-6-2-7-13-22)23-14-8-3-9-15-23;;/h2*1-18H,19H2;2*1H/q2*+1;;/p-2. The van der Waals surface area contributed by atoms with E-state index in [1.807, 2.05) is 48.5 Å². The molecule has 292 valence electrons. The van der Waals surface area contributed by atoms with Crippen LogP contribution in [0.25, 0.3) is 0 Å². The molecular weight excluding hydrogens is 931 g/mol. The highest BCUT2D eigenvalue weighted by Crippen LogP contribution is 2.59. The molecule has 0 radical (unpaired) electrons. The maximum absolute atomic E-state index is 14.2. The third-order valence-corrected chi connectivity index (χ3v) is 19.4. The lowest BCUT2D eigenvalue weighted by Crippen LogP contribution is -3.00. The van der Waals surface area contributed by atoms with Crippen LogP contribution in [-0.2, 0) is 12.3 Å². The van der Waals surface area contributed by atoms with Gasteiger partial charge in [0.1, 0.15) is 58.0 Å². The zero-order valence-corrected chi connectivity index (χ0v) is 37.8. The summed E-state index contributed by atoms with van der Waals surface area (Å²) in [5.41, 5.74) is 1.90. The Labute approximate surface area is 373 Å². The molecule has 58 heavy (non-hydrogen) atoms. The molecule has 0 aliphatic rings. The number of halogens is 6. The van der Waals surface area contributed by atoms with Crippen LogP contribution in [-0.4, -0.2) is 0 Å². The maximum Gasteiger partial charge on any atom is 0.142 e. The van der Waals surface area contributed by atoms with Crippen LogP contribution in [0.5, 0.6) is 0 Å². The van der Waals surface area contributed by atoms with Crippen LogP contribution in [0.1, 0.15) is 11.1 Å². The van der Waals surface area contributed by atoms with Crippen LogP contribution >= 0.6 is 37.7 Å². The minimum absolute atomic E-state index is 0. The van der Waals surface area contributed by atoms with Crippen molar-refractivity contribution in [1.29, 1.82) is 0 Å². The molecule has 0 atom stereocenters. The average molecular weight is 972 g/mol. The zero-order chi connectivity index (χ0) is 38.8. The molecule has 0 nitrogen and oxygen atoms in total. The Balaban J connectivity index is 0.000000214. The van der Waals surface area contributed by atoms with E-state index in [-0.39, 0.29) is 55.6 Å². The van der Waals surface area contributed by atoms with Gasteiger partial charge in [0.15, 0.2) is 0 Å². The predicted octanol–water partition coefficient (Wildman–Crippen LogP) is 5.95. The highest BCUT2D eigenvalue weighted by atomic mass is 79.9. The Kier molecular flexibility index (Phi) is 16.6. The van der Waals surface area contributed by atoms with Crippen molar-refractivity contribution in [2.45, 2.75) is 12.3 Å². The molecule has 0 amide bonds. The summed E-state index contributed by atoms with van der Waals surface area (Å²) in [7, 11) is -4.04. The summed E-state index contributed by atoms with van der Waals surface area (Å²) >= 11 is 11.9. The summed E-state index contributed by atoms with van der Waals surface area (Å²) < 4.78 is 28.5. The largest absolute Gasteiger partial charge is 1.00 e. The Morgan fingerprint density at radius 1 is 0.310 bits per heavy atom. The van der Waals surface area contributed by atoms with Crippen molar-refractivity contribution in [3.8, 4) is 0 Å². The van der Waals surface area contributed by atoms with Gasteiger partial charge >= 0.3 is 0 Å². The first-order valence-corrected chi connectivity index (χ1v) is 23.1. The van der Waals surface area contributed by atoms with E-state index in [1.54, 1.807) is 24.3 Å². The van der Waals surface area contributed by atoms with E-state index in [4.69, 9.17) is 23.2 Å². The normalized spacial score (nSPS) is 11.0. The molecule has 0 N–H and O–H groups in total. The van der Waals surface area contributed by atoms with Gasteiger partial charge < -0.3 is 34.0 Å². The minimum Gasteiger partial charge on any atom is -1.00 e. The van der Waals surface area contributed by atoms with E-state index >= 15 is 0 Å². The highest BCUT2D eigenvalue weighted by Gasteiger charge is 2.46. The first-order valence-electron chi connectivity index (χ1n) is 18.4. The van der Waals surface area contributed by atoms with E-state index < -0.39 is 14.5 Å². The summed E-state index contributed by atoms with van der Waals surface area (Å²) in [5.74, 6) is -0.738. The van der Waals surface area contributed by atoms with Crippen molar-refractivity contribution < 1.29 is 42.7 Å². The number of benzene rings is 8.